The largest absolute Gasteiger partial charge is 0.494 e. The van der Waals surface area contributed by atoms with Gasteiger partial charge in [0.15, 0.2) is 6.73 Å². The van der Waals surface area contributed by atoms with Crippen LogP contribution in [0, 0.1) is 0 Å². The van der Waals surface area contributed by atoms with Crippen molar-refractivity contribution in [1.29, 1.82) is 0 Å². The minimum absolute atomic E-state index is 0.129. The Morgan fingerprint density at radius 2 is 1.62 bits per heavy atom. The fourth-order valence-corrected chi connectivity index (χ4v) is 2.00. The number of rotatable bonds is 6. The average molecular weight is 294 g/mol. The Hall–Kier alpha value is -1.91. The van der Waals surface area contributed by atoms with E-state index in [2.05, 4.69) is 5.32 Å². The van der Waals surface area contributed by atoms with Crippen LogP contribution in [0.15, 0.2) is 24.3 Å². The van der Waals surface area contributed by atoms with Crippen LogP contribution in [0.2, 0.25) is 0 Å². The van der Waals surface area contributed by atoms with Gasteiger partial charge >= 0.3 is 6.03 Å². The topological polar surface area (TPSA) is 50.8 Å². The fraction of sp³-hybridized carbons (Fsp3) is 0.562. The first-order valence-electron chi connectivity index (χ1n) is 7.29. The summed E-state index contributed by atoms with van der Waals surface area (Å²) in [7, 11) is 0. The first-order chi connectivity index (χ1) is 9.88. The summed E-state index contributed by atoms with van der Waals surface area (Å²) in [6, 6.07) is 7.19. The number of amides is 2. The maximum Gasteiger partial charge on any atom is 0.320 e. The lowest BCUT2D eigenvalue weighted by Gasteiger charge is -2.34. The normalized spacial score (nSPS) is 10.9. The van der Waals surface area contributed by atoms with Crippen molar-refractivity contribution >= 4 is 6.03 Å². The lowest BCUT2D eigenvalue weighted by atomic mass is 10.1. The van der Waals surface area contributed by atoms with Gasteiger partial charge in [-0.15, -0.1) is 0 Å². The van der Waals surface area contributed by atoms with E-state index in [0.29, 0.717) is 18.9 Å². The third kappa shape index (κ3) is 5.53. The van der Waals surface area contributed by atoms with Crippen molar-refractivity contribution in [2.24, 2.45) is 0 Å². The molecule has 1 aromatic rings. The molecule has 0 saturated carbocycles. The van der Waals surface area contributed by atoms with Gasteiger partial charge in [0.05, 0.1) is 6.61 Å². The lowest BCUT2D eigenvalue weighted by molar-refractivity contribution is 0.141. The predicted molar refractivity (Wildman–Crippen MR) is 83.8 cm³/mol. The molecule has 0 fully saturated rings. The highest BCUT2D eigenvalue weighted by Crippen LogP contribution is 2.17. The number of carbonyl (C=O) groups is 1. The van der Waals surface area contributed by atoms with Crippen molar-refractivity contribution < 1.29 is 14.3 Å². The van der Waals surface area contributed by atoms with E-state index in [1.165, 1.54) is 0 Å². The summed E-state index contributed by atoms with van der Waals surface area (Å²) in [6.45, 7) is 11.3. The molecule has 0 aromatic heterocycles. The van der Waals surface area contributed by atoms with E-state index >= 15 is 0 Å². The molecule has 1 rings (SSSR count). The SMILES string of the molecule is CCOc1ccc(OCNC(=O)N(CC)C(C)(C)C)cc1. The Kier molecular flexibility index (Phi) is 6.34. The molecule has 5 nitrogen and oxygen atoms in total. The molecule has 1 N–H and O–H groups in total. The van der Waals surface area contributed by atoms with Crippen molar-refractivity contribution in [3.05, 3.63) is 24.3 Å². The molecule has 0 bridgehead atoms. The molecule has 0 aliphatic carbocycles. The Labute approximate surface area is 127 Å². The molecule has 1 aromatic carbocycles. The van der Waals surface area contributed by atoms with Crippen molar-refractivity contribution in [3.8, 4) is 11.5 Å². The van der Waals surface area contributed by atoms with Crippen LogP contribution >= 0.6 is 0 Å². The van der Waals surface area contributed by atoms with Crippen LogP contribution < -0.4 is 14.8 Å². The summed E-state index contributed by atoms with van der Waals surface area (Å²) in [5, 5.41) is 2.76. The van der Waals surface area contributed by atoms with E-state index in [1.807, 2.05) is 58.9 Å². The van der Waals surface area contributed by atoms with Crippen molar-refractivity contribution in [3.63, 3.8) is 0 Å². The maximum absolute atomic E-state index is 12.1. The number of nitrogens with zero attached hydrogens (tertiary/aromatic N) is 1. The van der Waals surface area contributed by atoms with E-state index in [-0.39, 0.29) is 18.3 Å². The number of benzene rings is 1. The molecule has 0 heterocycles. The molecule has 118 valence electrons. The van der Waals surface area contributed by atoms with E-state index < -0.39 is 0 Å². The quantitative estimate of drug-likeness (QED) is 0.819. The molecule has 0 radical (unpaired) electrons. The Morgan fingerprint density at radius 3 is 2.05 bits per heavy atom. The highest BCUT2D eigenvalue weighted by molar-refractivity contribution is 5.74. The van der Waals surface area contributed by atoms with Gasteiger partial charge in [0.2, 0.25) is 0 Å². The van der Waals surface area contributed by atoms with E-state index in [1.54, 1.807) is 4.90 Å². The molecule has 0 unspecified atom stereocenters. The number of carbonyl (C=O) groups excluding carboxylic acids is 1. The number of hydrogen-bond acceptors (Lipinski definition) is 3. The van der Waals surface area contributed by atoms with Crippen LogP contribution in [0.1, 0.15) is 34.6 Å². The third-order valence-corrected chi connectivity index (χ3v) is 2.97. The van der Waals surface area contributed by atoms with Gasteiger partial charge in [-0.05, 0) is 58.9 Å². The molecule has 21 heavy (non-hydrogen) atoms. The number of ether oxygens (including phenoxy) is 2. The molecular weight excluding hydrogens is 268 g/mol. The molecule has 0 aliphatic heterocycles. The van der Waals surface area contributed by atoms with Gasteiger partial charge in [0.25, 0.3) is 0 Å². The van der Waals surface area contributed by atoms with Gasteiger partial charge in [-0.3, -0.25) is 0 Å². The highest BCUT2D eigenvalue weighted by atomic mass is 16.5. The molecule has 0 aliphatic rings. The maximum atomic E-state index is 12.1. The van der Waals surface area contributed by atoms with Crippen LogP contribution in [0.4, 0.5) is 4.79 Å². The number of nitrogens with one attached hydrogen (secondary N) is 1. The standard InChI is InChI=1S/C16H26N2O3/c1-6-18(16(3,4)5)15(19)17-12-21-14-10-8-13(9-11-14)20-7-2/h8-11H,6-7,12H2,1-5H3,(H,17,19). The molecule has 0 atom stereocenters. The summed E-state index contributed by atoms with van der Waals surface area (Å²) in [4.78, 5) is 13.8. The molecule has 2 amide bonds. The van der Waals surface area contributed by atoms with Crippen LogP contribution in [0.5, 0.6) is 11.5 Å². The molecular formula is C16H26N2O3. The smallest absolute Gasteiger partial charge is 0.320 e. The first-order valence-corrected chi connectivity index (χ1v) is 7.29. The van der Waals surface area contributed by atoms with Crippen molar-refractivity contribution in [2.45, 2.75) is 40.2 Å². The van der Waals surface area contributed by atoms with Gasteiger partial charge in [-0.2, -0.15) is 0 Å². The summed E-state index contributed by atoms with van der Waals surface area (Å²) in [5.74, 6) is 1.50. The summed E-state index contributed by atoms with van der Waals surface area (Å²) in [6.07, 6.45) is 0. The predicted octanol–water partition coefficient (Wildman–Crippen LogP) is 3.25. The Morgan fingerprint density at radius 1 is 1.10 bits per heavy atom. The second kappa shape index (κ2) is 7.76. The fourth-order valence-electron chi connectivity index (χ4n) is 2.00. The second-order valence-electron chi connectivity index (χ2n) is 5.59. The summed E-state index contributed by atoms with van der Waals surface area (Å²) in [5.41, 5.74) is -0.210. The van der Waals surface area contributed by atoms with E-state index in [9.17, 15) is 4.79 Å². The van der Waals surface area contributed by atoms with Crippen molar-refractivity contribution in [1.82, 2.24) is 10.2 Å². The second-order valence-corrected chi connectivity index (χ2v) is 5.59. The third-order valence-electron chi connectivity index (χ3n) is 2.97. The minimum atomic E-state index is -0.210. The zero-order chi connectivity index (χ0) is 15.9. The van der Waals surface area contributed by atoms with Crippen LogP contribution in [0.3, 0.4) is 0 Å². The zero-order valence-electron chi connectivity index (χ0n) is 13.6. The minimum Gasteiger partial charge on any atom is -0.494 e. The monoisotopic (exact) mass is 294 g/mol. The molecule has 0 saturated heterocycles. The first kappa shape index (κ1) is 17.1. The molecule has 5 heteroatoms. The van der Waals surface area contributed by atoms with E-state index in [0.717, 1.165) is 5.75 Å². The summed E-state index contributed by atoms with van der Waals surface area (Å²) < 4.78 is 10.9. The highest BCUT2D eigenvalue weighted by Gasteiger charge is 2.24. The van der Waals surface area contributed by atoms with Gasteiger partial charge in [-0.25, -0.2) is 4.79 Å². The van der Waals surface area contributed by atoms with Gasteiger partial charge < -0.3 is 19.7 Å². The van der Waals surface area contributed by atoms with Crippen LogP contribution in [-0.2, 0) is 0 Å². The lowest BCUT2D eigenvalue weighted by Crippen LogP contribution is -2.50. The Bertz CT molecular complexity index is 438. The number of urea groups is 1. The van der Waals surface area contributed by atoms with Crippen LogP contribution in [0.25, 0.3) is 0 Å². The van der Waals surface area contributed by atoms with Gasteiger partial charge in [-0.1, -0.05) is 0 Å². The average Bonchev–Trinajstić information content (AvgIpc) is 2.40. The van der Waals surface area contributed by atoms with Crippen LogP contribution in [-0.4, -0.2) is 36.4 Å². The van der Waals surface area contributed by atoms with E-state index in [4.69, 9.17) is 9.47 Å². The molecule has 0 spiro atoms. The van der Waals surface area contributed by atoms with Gasteiger partial charge in [0.1, 0.15) is 11.5 Å². The van der Waals surface area contributed by atoms with Gasteiger partial charge in [0, 0.05) is 12.1 Å². The Balaban J connectivity index is 2.44. The van der Waals surface area contributed by atoms with Crippen molar-refractivity contribution in [2.75, 3.05) is 19.9 Å². The summed E-state index contributed by atoms with van der Waals surface area (Å²) >= 11 is 0. The zero-order valence-corrected chi connectivity index (χ0v) is 13.6. The number of hydrogen-bond donors (Lipinski definition) is 1.